The molecule has 0 fully saturated rings. The number of benzene rings is 1. The monoisotopic (exact) mass is 313 g/mol. The Morgan fingerprint density at radius 2 is 2.10 bits per heavy atom. The molecule has 0 radical (unpaired) electrons. The Morgan fingerprint density at radius 1 is 1.43 bits per heavy atom. The van der Waals surface area contributed by atoms with E-state index in [-0.39, 0.29) is 16.8 Å². The Kier molecular flexibility index (Phi) is 7.53. The van der Waals surface area contributed by atoms with Gasteiger partial charge in [0.15, 0.2) is 0 Å². The molecule has 1 rings (SSSR count). The molecule has 0 aliphatic rings. The second-order valence-electron chi connectivity index (χ2n) is 4.77. The van der Waals surface area contributed by atoms with E-state index >= 15 is 0 Å². The second kappa shape index (κ2) is 8.89. The predicted octanol–water partition coefficient (Wildman–Crippen LogP) is 2.81. The Labute approximate surface area is 130 Å². The average molecular weight is 313 g/mol. The third-order valence-corrected chi connectivity index (χ3v) is 4.43. The number of hydrogen-bond acceptors (Lipinski definition) is 4. The smallest absolute Gasteiger partial charge is 0.237 e. The van der Waals surface area contributed by atoms with Gasteiger partial charge in [0.1, 0.15) is 5.82 Å². The fourth-order valence-corrected chi connectivity index (χ4v) is 2.77. The van der Waals surface area contributed by atoms with Gasteiger partial charge in [0.05, 0.1) is 10.9 Å². The van der Waals surface area contributed by atoms with Crippen molar-refractivity contribution in [3.05, 3.63) is 24.0 Å². The third-order valence-electron chi connectivity index (χ3n) is 3.30. The molecule has 6 heteroatoms. The van der Waals surface area contributed by atoms with Gasteiger partial charge in [0.25, 0.3) is 0 Å². The van der Waals surface area contributed by atoms with Crippen LogP contribution in [0.1, 0.15) is 20.8 Å². The van der Waals surface area contributed by atoms with Crippen molar-refractivity contribution in [2.24, 2.45) is 0 Å². The van der Waals surface area contributed by atoms with E-state index in [9.17, 15) is 9.18 Å². The number of anilines is 2. The van der Waals surface area contributed by atoms with Crippen LogP contribution in [0.2, 0.25) is 0 Å². The number of amides is 1. The van der Waals surface area contributed by atoms with Crippen LogP contribution in [0.3, 0.4) is 0 Å². The molecular formula is C15H24FN3OS. The summed E-state index contributed by atoms with van der Waals surface area (Å²) >= 11 is 1.61. The molecule has 0 heterocycles. The second-order valence-corrected chi connectivity index (χ2v) is 6.21. The number of carbonyl (C=O) groups excluding carboxylic acids is 1. The van der Waals surface area contributed by atoms with Crippen LogP contribution in [0.4, 0.5) is 15.8 Å². The summed E-state index contributed by atoms with van der Waals surface area (Å²) in [5.74, 6) is 0.335. The van der Waals surface area contributed by atoms with Crippen molar-refractivity contribution in [3.8, 4) is 0 Å². The minimum Gasteiger partial charge on any atom is -0.396 e. The summed E-state index contributed by atoms with van der Waals surface area (Å²) in [5, 5.41) is 2.60. The molecule has 0 saturated heterocycles. The van der Waals surface area contributed by atoms with Crippen LogP contribution in [0.25, 0.3) is 0 Å². The number of nitrogens with zero attached hydrogens (tertiary/aromatic N) is 1. The first kappa shape index (κ1) is 17.8. The summed E-state index contributed by atoms with van der Waals surface area (Å²) in [7, 11) is 0. The van der Waals surface area contributed by atoms with E-state index in [2.05, 4.69) is 24.1 Å². The van der Waals surface area contributed by atoms with Gasteiger partial charge < -0.3 is 16.0 Å². The number of carbonyl (C=O) groups is 1. The SMILES string of the molecule is CCN(CC)CCSC(C)C(=O)Nc1ccc(F)c(N)c1. The molecular weight excluding hydrogens is 289 g/mol. The molecule has 1 aromatic rings. The van der Waals surface area contributed by atoms with Gasteiger partial charge >= 0.3 is 0 Å². The summed E-state index contributed by atoms with van der Waals surface area (Å²) in [6.07, 6.45) is 0. The molecule has 1 amide bonds. The molecule has 118 valence electrons. The lowest BCUT2D eigenvalue weighted by Gasteiger charge is -2.19. The lowest BCUT2D eigenvalue weighted by Crippen LogP contribution is -2.28. The Bertz CT molecular complexity index is 466. The lowest BCUT2D eigenvalue weighted by atomic mass is 10.2. The lowest BCUT2D eigenvalue weighted by molar-refractivity contribution is -0.115. The summed E-state index contributed by atoms with van der Waals surface area (Å²) in [6, 6.07) is 4.19. The van der Waals surface area contributed by atoms with Gasteiger partial charge in [-0.15, -0.1) is 11.8 Å². The fraction of sp³-hybridized carbons (Fsp3) is 0.533. The van der Waals surface area contributed by atoms with Crippen LogP contribution in [-0.4, -0.2) is 41.4 Å². The Balaban J connectivity index is 2.42. The van der Waals surface area contributed by atoms with Crippen LogP contribution in [0, 0.1) is 5.82 Å². The normalized spacial score (nSPS) is 12.4. The third kappa shape index (κ3) is 5.93. The molecule has 0 spiro atoms. The predicted molar refractivity (Wildman–Crippen MR) is 89.2 cm³/mol. The summed E-state index contributed by atoms with van der Waals surface area (Å²) < 4.78 is 13.1. The molecule has 0 bridgehead atoms. The highest BCUT2D eigenvalue weighted by molar-refractivity contribution is 8.00. The van der Waals surface area contributed by atoms with Gasteiger partial charge in [-0.05, 0) is 38.2 Å². The molecule has 1 atom stereocenters. The van der Waals surface area contributed by atoms with Crippen LogP contribution in [-0.2, 0) is 4.79 Å². The molecule has 1 aromatic carbocycles. The number of nitrogen functional groups attached to an aromatic ring is 1. The van der Waals surface area contributed by atoms with E-state index in [4.69, 9.17) is 5.73 Å². The largest absolute Gasteiger partial charge is 0.396 e. The highest BCUT2D eigenvalue weighted by Gasteiger charge is 2.14. The molecule has 0 aliphatic heterocycles. The van der Waals surface area contributed by atoms with Crippen LogP contribution in [0.5, 0.6) is 0 Å². The first-order chi connectivity index (χ1) is 9.97. The van der Waals surface area contributed by atoms with Gasteiger partial charge in [-0.2, -0.15) is 0 Å². The van der Waals surface area contributed by atoms with Crippen molar-refractivity contribution in [1.29, 1.82) is 0 Å². The quantitative estimate of drug-likeness (QED) is 0.725. The van der Waals surface area contributed by atoms with E-state index < -0.39 is 5.82 Å². The maximum atomic E-state index is 13.1. The summed E-state index contributed by atoms with van der Waals surface area (Å²) in [4.78, 5) is 14.4. The zero-order valence-corrected chi connectivity index (χ0v) is 13.7. The first-order valence-corrected chi connectivity index (χ1v) is 8.22. The number of hydrogen-bond donors (Lipinski definition) is 2. The van der Waals surface area contributed by atoms with Crippen molar-refractivity contribution in [1.82, 2.24) is 4.90 Å². The van der Waals surface area contributed by atoms with E-state index in [0.29, 0.717) is 5.69 Å². The Morgan fingerprint density at radius 3 is 2.67 bits per heavy atom. The van der Waals surface area contributed by atoms with Crippen molar-refractivity contribution in [2.75, 3.05) is 36.4 Å². The number of nitrogens with two attached hydrogens (primary N) is 1. The van der Waals surface area contributed by atoms with Crippen LogP contribution >= 0.6 is 11.8 Å². The first-order valence-electron chi connectivity index (χ1n) is 7.17. The van der Waals surface area contributed by atoms with E-state index in [1.165, 1.54) is 18.2 Å². The van der Waals surface area contributed by atoms with Gasteiger partial charge in [-0.1, -0.05) is 13.8 Å². The van der Waals surface area contributed by atoms with Gasteiger partial charge in [-0.25, -0.2) is 4.39 Å². The van der Waals surface area contributed by atoms with Gasteiger partial charge in [-0.3, -0.25) is 4.79 Å². The van der Waals surface area contributed by atoms with Gasteiger partial charge in [0, 0.05) is 18.0 Å². The topological polar surface area (TPSA) is 58.4 Å². The molecule has 4 nitrogen and oxygen atoms in total. The number of thioether (sulfide) groups is 1. The van der Waals surface area contributed by atoms with Crippen molar-refractivity contribution >= 4 is 29.0 Å². The summed E-state index contributed by atoms with van der Waals surface area (Å²) in [5.41, 5.74) is 6.04. The molecule has 1 unspecified atom stereocenters. The highest BCUT2D eigenvalue weighted by atomic mass is 32.2. The molecule has 0 aromatic heterocycles. The standard InChI is InChI=1S/C15H24FN3OS/c1-4-19(5-2)8-9-21-11(3)15(20)18-12-6-7-13(16)14(17)10-12/h6-7,10-11H,4-5,8-9,17H2,1-3H3,(H,18,20). The van der Waals surface area contributed by atoms with E-state index in [0.717, 1.165) is 25.4 Å². The van der Waals surface area contributed by atoms with Crippen LogP contribution < -0.4 is 11.1 Å². The molecule has 21 heavy (non-hydrogen) atoms. The zero-order chi connectivity index (χ0) is 15.8. The van der Waals surface area contributed by atoms with E-state index in [1.54, 1.807) is 11.8 Å². The minimum absolute atomic E-state index is 0.0367. The fourth-order valence-electron chi connectivity index (χ4n) is 1.84. The zero-order valence-electron chi connectivity index (χ0n) is 12.9. The van der Waals surface area contributed by atoms with Crippen molar-refractivity contribution in [2.45, 2.75) is 26.0 Å². The van der Waals surface area contributed by atoms with Gasteiger partial charge in [0.2, 0.25) is 5.91 Å². The van der Waals surface area contributed by atoms with Crippen molar-refractivity contribution in [3.63, 3.8) is 0 Å². The maximum Gasteiger partial charge on any atom is 0.237 e. The maximum absolute atomic E-state index is 13.1. The molecule has 3 N–H and O–H groups in total. The summed E-state index contributed by atoms with van der Waals surface area (Å²) in [6.45, 7) is 9.14. The number of nitrogens with one attached hydrogen (secondary N) is 1. The van der Waals surface area contributed by atoms with Crippen molar-refractivity contribution < 1.29 is 9.18 Å². The minimum atomic E-state index is -0.477. The van der Waals surface area contributed by atoms with Crippen LogP contribution in [0.15, 0.2) is 18.2 Å². The number of halogens is 1. The average Bonchev–Trinajstić information content (AvgIpc) is 2.47. The van der Waals surface area contributed by atoms with E-state index in [1.807, 2.05) is 6.92 Å². The molecule has 0 aliphatic carbocycles. The highest BCUT2D eigenvalue weighted by Crippen LogP contribution is 2.18. The number of rotatable bonds is 8. The molecule has 0 saturated carbocycles. The Hall–Kier alpha value is -1.27.